The number of aliphatic hydroxyl groups is 2. The van der Waals surface area contributed by atoms with Gasteiger partial charge in [0.2, 0.25) is 0 Å². The van der Waals surface area contributed by atoms with Crippen molar-refractivity contribution in [3.63, 3.8) is 0 Å². The molecule has 0 aliphatic rings. The van der Waals surface area contributed by atoms with Crippen LogP contribution in [0.3, 0.4) is 0 Å². The Morgan fingerprint density at radius 3 is 2.51 bits per heavy atom. The van der Waals surface area contributed by atoms with Crippen LogP contribution >= 0.6 is 22.9 Å². The summed E-state index contributed by atoms with van der Waals surface area (Å²) in [5.41, 5.74) is 7.43. The van der Waals surface area contributed by atoms with Crippen molar-refractivity contribution in [2.45, 2.75) is 6.92 Å². The van der Waals surface area contributed by atoms with Gasteiger partial charge in [0.1, 0.15) is 15.4 Å². The number of nitrogens with two attached hydrogens (primary N) is 1. The number of hydrogen-bond donors (Lipinski definition) is 5. The lowest BCUT2D eigenvalue weighted by Crippen LogP contribution is -2.11. The number of pyridine rings is 1. The number of nitrogens with zero attached hydrogens (tertiary/aromatic N) is 2. The van der Waals surface area contributed by atoms with Gasteiger partial charge < -0.3 is 30.8 Å². The fourth-order valence-electron chi connectivity index (χ4n) is 3.21. The van der Waals surface area contributed by atoms with Gasteiger partial charge in [-0.1, -0.05) is 23.7 Å². The number of aliphatic hydroxyl groups excluding tert-OH is 2. The lowest BCUT2D eigenvalue weighted by Gasteiger charge is -2.11. The van der Waals surface area contributed by atoms with Gasteiger partial charge in [-0.05, 0) is 48.4 Å². The molecule has 35 heavy (non-hydrogen) atoms. The van der Waals surface area contributed by atoms with Crippen LogP contribution in [-0.4, -0.2) is 58.4 Å². The zero-order valence-electron chi connectivity index (χ0n) is 18.9. The van der Waals surface area contributed by atoms with Crippen LogP contribution in [0.2, 0.25) is 5.02 Å². The SMILES string of the molecule is CC(=NCCO)Nc1c(C(=O)O)sc2nc(-c3ccco3)cc(-c3ccc(Cl)cc3)c12.NCCO. The van der Waals surface area contributed by atoms with Crippen LogP contribution in [0.25, 0.3) is 32.8 Å². The molecule has 4 rings (SSSR count). The number of carboxylic acids is 1. The molecule has 0 atom stereocenters. The van der Waals surface area contributed by atoms with E-state index in [4.69, 9.17) is 32.0 Å². The Morgan fingerprint density at radius 2 is 1.94 bits per heavy atom. The van der Waals surface area contributed by atoms with E-state index in [2.05, 4.69) is 15.3 Å². The molecule has 0 radical (unpaired) electrons. The van der Waals surface area contributed by atoms with Gasteiger partial charge >= 0.3 is 5.97 Å². The first-order chi connectivity index (χ1) is 16.9. The Balaban J connectivity index is 0.000000795. The van der Waals surface area contributed by atoms with Gasteiger partial charge in [-0.3, -0.25) is 4.99 Å². The number of aromatic carboxylic acids is 1. The predicted molar refractivity (Wildman–Crippen MR) is 140 cm³/mol. The minimum atomic E-state index is -1.07. The zero-order valence-corrected chi connectivity index (χ0v) is 20.4. The van der Waals surface area contributed by atoms with E-state index in [1.165, 1.54) is 0 Å². The van der Waals surface area contributed by atoms with E-state index in [0.717, 1.165) is 22.5 Å². The fourth-order valence-corrected chi connectivity index (χ4v) is 4.33. The lowest BCUT2D eigenvalue weighted by atomic mass is 10.0. The Kier molecular flexibility index (Phi) is 9.35. The number of aliphatic imine (C=N–C) groups is 1. The molecule has 3 aromatic heterocycles. The third-order valence-electron chi connectivity index (χ3n) is 4.67. The van der Waals surface area contributed by atoms with Crippen molar-refractivity contribution in [2.24, 2.45) is 10.7 Å². The number of thiophene rings is 1. The van der Waals surface area contributed by atoms with Crippen molar-refractivity contribution in [3.8, 4) is 22.6 Å². The Bertz CT molecular complexity index is 1300. The number of carbonyl (C=O) groups is 1. The molecule has 0 unspecified atom stereocenters. The number of fused-ring (bicyclic) bond motifs is 1. The van der Waals surface area contributed by atoms with E-state index < -0.39 is 5.97 Å². The molecule has 184 valence electrons. The number of nitrogens with one attached hydrogen (secondary N) is 1. The Hall–Kier alpha value is -3.28. The first-order valence-electron chi connectivity index (χ1n) is 10.6. The van der Waals surface area contributed by atoms with E-state index in [1.807, 2.05) is 18.2 Å². The standard InChI is InChI=1S/C22H18ClN3O4S.C2H7NO/c1-12(24-8-9-27)25-19-18-15(13-4-6-14(23)7-5-13)11-16(17-3-2-10-30-17)26-21(18)31-20(19)22(28)29;3-1-2-4/h2-7,10-11,27H,8-9H2,1H3,(H,24,25)(H,28,29);4H,1-3H2. The maximum atomic E-state index is 12.0. The number of amidine groups is 1. The second kappa shape index (κ2) is 12.4. The molecule has 0 aliphatic carbocycles. The van der Waals surface area contributed by atoms with Gasteiger partial charge in [0.05, 0.1) is 37.5 Å². The van der Waals surface area contributed by atoms with Gasteiger partial charge in [-0.15, -0.1) is 11.3 Å². The topological polar surface area (TPSA) is 154 Å². The summed E-state index contributed by atoms with van der Waals surface area (Å²) in [4.78, 5) is 21.6. The molecule has 0 aliphatic heterocycles. The largest absolute Gasteiger partial charge is 0.477 e. The van der Waals surface area contributed by atoms with E-state index in [-0.39, 0.29) is 24.6 Å². The van der Waals surface area contributed by atoms with Gasteiger partial charge in [-0.25, -0.2) is 9.78 Å². The molecule has 0 bridgehead atoms. The van der Waals surface area contributed by atoms with Crippen LogP contribution in [-0.2, 0) is 0 Å². The van der Waals surface area contributed by atoms with Gasteiger partial charge in [-0.2, -0.15) is 0 Å². The number of furan rings is 1. The van der Waals surface area contributed by atoms with Crippen LogP contribution in [0.5, 0.6) is 0 Å². The lowest BCUT2D eigenvalue weighted by molar-refractivity contribution is 0.0703. The minimum Gasteiger partial charge on any atom is -0.477 e. The van der Waals surface area contributed by atoms with Crippen molar-refractivity contribution in [1.82, 2.24) is 4.98 Å². The third kappa shape index (κ3) is 6.44. The van der Waals surface area contributed by atoms with Crippen molar-refractivity contribution < 1.29 is 24.5 Å². The van der Waals surface area contributed by atoms with Gasteiger partial charge in [0.15, 0.2) is 5.76 Å². The first-order valence-corrected chi connectivity index (χ1v) is 11.8. The van der Waals surface area contributed by atoms with E-state index in [1.54, 1.807) is 37.5 Å². The van der Waals surface area contributed by atoms with Crippen LogP contribution < -0.4 is 11.1 Å². The Morgan fingerprint density at radius 1 is 1.23 bits per heavy atom. The number of rotatable bonds is 7. The number of aromatic nitrogens is 1. The number of anilines is 1. The van der Waals surface area contributed by atoms with Crippen molar-refractivity contribution >= 4 is 50.6 Å². The summed E-state index contributed by atoms with van der Waals surface area (Å²) >= 11 is 7.15. The average molecular weight is 517 g/mol. The molecule has 3 heterocycles. The highest BCUT2D eigenvalue weighted by Gasteiger charge is 2.24. The molecular weight excluding hydrogens is 492 g/mol. The van der Waals surface area contributed by atoms with Crippen molar-refractivity contribution in [1.29, 1.82) is 0 Å². The van der Waals surface area contributed by atoms with Crippen LogP contribution in [0.15, 0.2) is 58.1 Å². The predicted octanol–water partition coefficient (Wildman–Crippen LogP) is 4.33. The molecule has 0 spiro atoms. The zero-order chi connectivity index (χ0) is 25.4. The maximum absolute atomic E-state index is 12.0. The molecule has 11 heteroatoms. The second-order valence-electron chi connectivity index (χ2n) is 7.16. The van der Waals surface area contributed by atoms with Gasteiger partial charge in [0, 0.05) is 17.0 Å². The summed E-state index contributed by atoms with van der Waals surface area (Å²) in [5.74, 6) is 0.00747. The molecule has 0 amide bonds. The molecule has 0 saturated heterocycles. The van der Waals surface area contributed by atoms with Crippen molar-refractivity contribution in [2.75, 3.05) is 31.6 Å². The van der Waals surface area contributed by atoms with E-state index >= 15 is 0 Å². The summed E-state index contributed by atoms with van der Waals surface area (Å²) in [6.07, 6.45) is 1.56. The van der Waals surface area contributed by atoms with Crippen molar-refractivity contribution in [3.05, 3.63) is 58.6 Å². The highest BCUT2D eigenvalue weighted by Crippen LogP contribution is 2.43. The monoisotopic (exact) mass is 516 g/mol. The second-order valence-corrected chi connectivity index (χ2v) is 8.59. The van der Waals surface area contributed by atoms with Crippen LogP contribution in [0.1, 0.15) is 16.6 Å². The molecule has 1 aromatic carbocycles. The summed E-state index contributed by atoms with van der Waals surface area (Å²) in [6.45, 7) is 2.31. The number of benzene rings is 1. The molecule has 6 N–H and O–H groups in total. The molecule has 0 fully saturated rings. The maximum Gasteiger partial charge on any atom is 0.348 e. The summed E-state index contributed by atoms with van der Waals surface area (Å²) < 4.78 is 5.52. The summed E-state index contributed by atoms with van der Waals surface area (Å²) in [5, 5.41) is 31.0. The summed E-state index contributed by atoms with van der Waals surface area (Å²) in [7, 11) is 0. The fraction of sp³-hybridized carbons (Fsp3) is 0.208. The molecular formula is C24H25ClN4O5S. The first kappa shape index (κ1) is 26.3. The van der Waals surface area contributed by atoms with E-state index in [9.17, 15) is 9.90 Å². The normalized spacial score (nSPS) is 11.3. The highest BCUT2D eigenvalue weighted by atomic mass is 35.5. The Labute approximate surface area is 210 Å². The minimum absolute atomic E-state index is 0.0972. The van der Waals surface area contributed by atoms with Crippen LogP contribution in [0.4, 0.5) is 5.69 Å². The summed E-state index contributed by atoms with van der Waals surface area (Å²) in [6, 6.07) is 12.7. The van der Waals surface area contributed by atoms with E-state index in [0.29, 0.717) is 44.8 Å². The van der Waals surface area contributed by atoms with Gasteiger partial charge in [0.25, 0.3) is 0 Å². The quantitative estimate of drug-likeness (QED) is 0.179. The highest BCUT2D eigenvalue weighted by molar-refractivity contribution is 7.21. The molecule has 9 nitrogen and oxygen atoms in total. The number of hydrogen-bond acceptors (Lipinski definition) is 8. The smallest absolute Gasteiger partial charge is 0.348 e. The number of halogens is 1. The third-order valence-corrected chi connectivity index (χ3v) is 5.99. The molecule has 0 saturated carbocycles. The number of carboxylic acid groups (broad SMARTS) is 1. The average Bonchev–Trinajstić information content (AvgIpc) is 3.52. The van der Waals surface area contributed by atoms with Crippen LogP contribution in [0, 0.1) is 0 Å². The molecule has 4 aromatic rings.